The molecule has 0 aliphatic heterocycles. The van der Waals surface area contributed by atoms with Crippen LogP contribution in [-0.2, 0) is 6.54 Å². The van der Waals surface area contributed by atoms with E-state index in [1.54, 1.807) is 24.3 Å². The molecule has 9 nitrogen and oxygen atoms in total. The molecular formula is C13H12N6O3. The second-order valence-electron chi connectivity index (χ2n) is 4.43. The molecule has 9 heteroatoms. The molecule has 22 heavy (non-hydrogen) atoms. The first-order chi connectivity index (χ1) is 10.6. The number of aromatic carboxylic acids is 1. The fraction of sp³-hybridized carbons (Fsp3) is 0.0769. The van der Waals surface area contributed by atoms with Gasteiger partial charge in [-0.3, -0.25) is 5.43 Å². The van der Waals surface area contributed by atoms with Gasteiger partial charge in [-0.25, -0.2) is 4.79 Å². The molecule has 2 heterocycles. The maximum absolute atomic E-state index is 10.8. The summed E-state index contributed by atoms with van der Waals surface area (Å²) in [6, 6.07) is 10.0. The van der Waals surface area contributed by atoms with Gasteiger partial charge in [0, 0.05) is 5.56 Å². The first-order valence-electron chi connectivity index (χ1n) is 6.33. The molecule has 0 aliphatic carbocycles. The molecule has 0 spiro atoms. The second-order valence-corrected chi connectivity index (χ2v) is 4.43. The Morgan fingerprint density at radius 1 is 1.27 bits per heavy atom. The van der Waals surface area contributed by atoms with Crippen molar-refractivity contribution >= 4 is 11.9 Å². The summed E-state index contributed by atoms with van der Waals surface area (Å²) in [6.07, 6.45) is 0. The van der Waals surface area contributed by atoms with E-state index in [0.29, 0.717) is 18.1 Å². The van der Waals surface area contributed by atoms with Crippen molar-refractivity contribution in [3.05, 3.63) is 47.7 Å². The summed E-state index contributed by atoms with van der Waals surface area (Å²) < 4.78 is 5.68. The van der Waals surface area contributed by atoms with Crippen molar-refractivity contribution < 1.29 is 14.3 Å². The fourth-order valence-corrected chi connectivity index (χ4v) is 1.86. The normalized spacial score (nSPS) is 10.5. The van der Waals surface area contributed by atoms with Crippen molar-refractivity contribution in [2.24, 2.45) is 0 Å². The predicted octanol–water partition coefficient (Wildman–Crippen LogP) is 0.957. The van der Waals surface area contributed by atoms with Crippen LogP contribution in [0.5, 0.6) is 0 Å². The van der Waals surface area contributed by atoms with Gasteiger partial charge < -0.3 is 15.3 Å². The molecule has 0 atom stereocenters. The molecule has 0 saturated heterocycles. The van der Waals surface area contributed by atoms with E-state index in [1.807, 2.05) is 0 Å². The number of nitrogens with one attached hydrogen (secondary N) is 1. The Hall–Kier alpha value is -3.36. The minimum atomic E-state index is -0.963. The number of aromatic nitrogens is 4. The molecule has 0 radical (unpaired) electrons. The van der Waals surface area contributed by atoms with E-state index in [1.165, 1.54) is 16.9 Å². The Kier molecular flexibility index (Phi) is 3.44. The summed E-state index contributed by atoms with van der Waals surface area (Å²) in [5, 5.41) is 19.5. The van der Waals surface area contributed by atoms with Crippen molar-refractivity contribution in [1.82, 2.24) is 20.3 Å². The number of carboxylic acid groups (broad SMARTS) is 1. The molecule has 1 aromatic carbocycles. The van der Waals surface area contributed by atoms with E-state index >= 15 is 0 Å². The molecule has 112 valence electrons. The zero-order valence-electron chi connectivity index (χ0n) is 11.3. The third-order valence-corrected chi connectivity index (χ3v) is 2.97. The summed E-state index contributed by atoms with van der Waals surface area (Å²) in [4.78, 5) is 12.1. The molecular weight excluding hydrogens is 288 g/mol. The lowest BCUT2D eigenvalue weighted by Gasteiger charge is -2.03. The molecule has 2 aromatic heterocycles. The highest BCUT2D eigenvalue weighted by Gasteiger charge is 2.08. The van der Waals surface area contributed by atoms with Crippen LogP contribution in [0.4, 0.5) is 5.95 Å². The van der Waals surface area contributed by atoms with Crippen molar-refractivity contribution in [1.29, 1.82) is 0 Å². The van der Waals surface area contributed by atoms with Crippen LogP contribution in [-0.4, -0.2) is 31.4 Å². The van der Waals surface area contributed by atoms with E-state index in [-0.39, 0.29) is 11.5 Å². The zero-order valence-corrected chi connectivity index (χ0v) is 11.3. The van der Waals surface area contributed by atoms with Gasteiger partial charge in [-0.05, 0) is 34.7 Å². The van der Waals surface area contributed by atoms with Crippen LogP contribution in [0, 0.1) is 0 Å². The number of carboxylic acids is 1. The maximum atomic E-state index is 10.8. The third kappa shape index (κ3) is 2.73. The lowest BCUT2D eigenvalue weighted by atomic mass is 10.1. The number of rotatable bonds is 5. The van der Waals surface area contributed by atoms with E-state index in [9.17, 15) is 4.79 Å². The van der Waals surface area contributed by atoms with Crippen LogP contribution >= 0.6 is 0 Å². The highest BCUT2D eigenvalue weighted by molar-refractivity contribution is 5.88. The van der Waals surface area contributed by atoms with E-state index in [4.69, 9.17) is 15.3 Å². The summed E-state index contributed by atoms with van der Waals surface area (Å²) in [5.74, 6) is 0.483. The second kappa shape index (κ2) is 5.56. The molecule has 3 rings (SSSR count). The van der Waals surface area contributed by atoms with Crippen LogP contribution < -0.4 is 11.2 Å². The first-order valence-corrected chi connectivity index (χ1v) is 6.33. The number of hydrogen-bond acceptors (Lipinski definition) is 7. The Morgan fingerprint density at radius 2 is 2.05 bits per heavy atom. The highest BCUT2D eigenvalue weighted by atomic mass is 16.4. The number of carbonyl (C=O) groups is 1. The van der Waals surface area contributed by atoms with Gasteiger partial charge >= 0.3 is 5.97 Å². The van der Waals surface area contributed by atoms with Gasteiger partial charge in [0.15, 0.2) is 0 Å². The summed E-state index contributed by atoms with van der Waals surface area (Å²) in [6.45, 7) is 0.350. The predicted molar refractivity (Wildman–Crippen MR) is 76.4 cm³/mol. The minimum absolute atomic E-state index is 0.149. The molecule has 3 aromatic rings. The summed E-state index contributed by atoms with van der Waals surface area (Å²) in [5.41, 5.74) is 9.43. The van der Waals surface area contributed by atoms with Crippen LogP contribution in [0.1, 0.15) is 16.1 Å². The topological polar surface area (TPSA) is 132 Å². The average molecular weight is 300 g/mol. The monoisotopic (exact) mass is 300 g/mol. The number of hydrogen-bond donors (Lipinski definition) is 3. The number of furan rings is 1. The number of nitrogen functional groups attached to an aromatic ring is 1. The fourth-order valence-electron chi connectivity index (χ4n) is 1.86. The Labute approximate surface area is 124 Å². The Bertz CT molecular complexity index is 792. The van der Waals surface area contributed by atoms with Crippen LogP contribution in [0.25, 0.3) is 11.3 Å². The number of tetrazole rings is 1. The summed E-state index contributed by atoms with van der Waals surface area (Å²) in [7, 11) is 0. The highest BCUT2D eigenvalue weighted by Crippen LogP contribution is 2.22. The third-order valence-electron chi connectivity index (χ3n) is 2.97. The minimum Gasteiger partial charge on any atom is -0.478 e. The molecule has 0 saturated carbocycles. The number of benzene rings is 1. The Morgan fingerprint density at radius 3 is 2.68 bits per heavy atom. The largest absolute Gasteiger partial charge is 0.478 e. The Balaban J connectivity index is 1.70. The van der Waals surface area contributed by atoms with Gasteiger partial charge in [0.1, 0.15) is 11.5 Å². The first kappa shape index (κ1) is 13.6. The smallest absolute Gasteiger partial charge is 0.335 e. The van der Waals surface area contributed by atoms with Gasteiger partial charge in [0.05, 0.1) is 12.1 Å². The van der Waals surface area contributed by atoms with Crippen LogP contribution in [0.2, 0.25) is 0 Å². The van der Waals surface area contributed by atoms with Gasteiger partial charge in [-0.2, -0.15) is 0 Å². The van der Waals surface area contributed by atoms with Crippen molar-refractivity contribution in [3.63, 3.8) is 0 Å². The lowest BCUT2D eigenvalue weighted by Crippen LogP contribution is -2.18. The lowest BCUT2D eigenvalue weighted by molar-refractivity contribution is 0.0697. The molecule has 0 fully saturated rings. The van der Waals surface area contributed by atoms with Gasteiger partial charge in [-0.1, -0.05) is 17.2 Å². The van der Waals surface area contributed by atoms with Gasteiger partial charge in [0.2, 0.25) is 0 Å². The van der Waals surface area contributed by atoms with Crippen LogP contribution in [0.3, 0.4) is 0 Å². The summed E-state index contributed by atoms with van der Waals surface area (Å²) >= 11 is 0. The van der Waals surface area contributed by atoms with Gasteiger partial charge in [0.25, 0.3) is 5.95 Å². The van der Waals surface area contributed by atoms with Crippen molar-refractivity contribution in [3.8, 4) is 11.3 Å². The van der Waals surface area contributed by atoms with E-state index in [2.05, 4.69) is 21.0 Å². The number of nitrogens with two attached hydrogens (primary N) is 1. The van der Waals surface area contributed by atoms with Gasteiger partial charge in [-0.15, -0.1) is 4.79 Å². The zero-order chi connectivity index (χ0) is 15.5. The standard InChI is InChI=1S/C13H12N6O3/c14-13-16-17-18-19(13)15-7-10-5-6-11(22-10)8-1-3-9(4-2-8)12(20)21/h1-6,15H,7H2,(H,20,21)(H2,14,16,18). The van der Waals surface area contributed by atoms with Crippen molar-refractivity contribution in [2.75, 3.05) is 11.2 Å². The van der Waals surface area contributed by atoms with E-state index < -0.39 is 5.97 Å². The molecule has 0 unspecified atom stereocenters. The van der Waals surface area contributed by atoms with Crippen LogP contribution in [0.15, 0.2) is 40.8 Å². The quantitative estimate of drug-likeness (QED) is 0.634. The average Bonchev–Trinajstić information content (AvgIpc) is 3.14. The molecule has 0 bridgehead atoms. The molecule has 0 amide bonds. The molecule has 4 N–H and O–H groups in total. The van der Waals surface area contributed by atoms with Crippen molar-refractivity contribution in [2.45, 2.75) is 6.54 Å². The van der Waals surface area contributed by atoms with E-state index in [0.717, 1.165) is 5.56 Å². The molecule has 0 aliphatic rings. The SMILES string of the molecule is Nc1nnnn1NCc1ccc(-c2ccc(C(=O)O)cc2)o1. The number of nitrogens with zero attached hydrogens (tertiary/aromatic N) is 4. The maximum Gasteiger partial charge on any atom is 0.335 e. The number of anilines is 1.